The molecule has 0 fully saturated rings. The standard InChI is InChI=1S/C15H13BrN2OS/c1-9-7-11(5-6-13(9)16)15(19)18-12-4-2-3-10(8-12)14(17)20/h2-8H,1H3,(H2,17,20)(H,18,19). The Bertz CT molecular complexity index is 685. The topological polar surface area (TPSA) is 55.1 Å². The second-order valence-corrected chi connectivity index (χ2v) is 5.66. The van der Waals surface area contributed by atoms with Gasteiger partial charge in [-0.3, -0.25) is 4.79 Å². The fraction of sp³-hybridized carbons (Fsp3) is 0.0667. The van der Waals surface area contributed by atoms with Crippen molar-refractivity contribution in [3.05, 3.63) is 63.6 Å². The van der Waals surface area contributed by atoms with Gasteiger partial charge in [-0.05, 0) is 42.8 Å². The summed E-state index contributed by atoms with van der Waals surface area (Å²) in [6, 6.07) is 12.6. The van der Waals surface area contributed by atoms with Crippen molar-refractivity contribution in [3.63, 3.8) is 0 Å². The van der Waals surface area contributed by atoms with Crippen molar-refractivity contribution in [1.82, 2.24) is 0 Å². The van der Waals surface area contributed by atoms with E-state index in [4.69, 9.17) is 18.0 Å². The number of thiocarbonyl (C=S) groups is 1. The van der Waals surface area contributed by atoms with Gasteiger partial charge in [-0.1, -0.05) is 40.3 Å². The summed E-state index contributed by atoms with van der Waals surface area (Å²) in [6.45, 7) is 1.94. The summed E-state index contributed by atoms with van der Waals surface area (Å²) in [6.07, 6.45) is 0. The van der Waals surface area contributed by atoms with Gasteiger partial charge in [0.1, 0.15) is 4.99 Å². The smallest absolute Gasteiger partial charge is 0.255 e. The van der Waals surface area contributed by atoms with E-state index in [1.54, 1.807) is 24.3 Å². The SMILES string of the molecule is Cc1cc(C(=O)Nc2cccc(C(N)=S)c2)ccc1Br. The number of hydrogen-bond acceptors (Lipinski definition) is 2. The van der Waals surface area contributed by atoms with Crippen molar-refractivity contribution in [2.75, 3.05) is 5.32 Å². The quantitative estimate of drug-likeness (QED) is 0.832. The molecular formula is C15H13BrN2OS. The van der Waals surface area contributed by atoms with E-state index in [2.05, 4.69) is 21.2 Å². The van der Waals surface area contributed by atoms with Crippen LogP contribution < -0.4 is 11.1 Å². The number of aryl methyl sites for hydroxylation is 1. The van der Waals surface area contributed by atoms with Gasteiger partial charge in [0.25, 0.3) is 5.91 Å². The fourth-order valence-electron chi connectivity index (χ4n) is 1.74. The van der Waals surface area contributed by atoms with E-state index >= 15 is 0 Å². The molecule has 0 heterocycles. The average molecular weight is 349 g/mol. The fourth-order valence-corrected chi connectivity index (χ4v) is 2.11. The third-order valence-electron chi connectivity index (χ3n) is 2.83. The predicted octanol–water partition coefficient (Wildman–Crippen LogP) is 3.64. The zero-order chi connectivity index (χ0) is 14.7. The molecule has 2 aromatic carbocycles. The van der Waals surface area contributed by atoms with E-state index in [0.29, 0.717) is 16.2 Å². The normalized spacial score (nSPS) is 10.1. The van der Waals surface area contributed by atoms with E-state index in [1.165, 1.54) is 0 Å². The highest BCUT2D eigenvalue weighted by Crippen LogP contribution is 2.18. The minimum Gasteiger partial charge on any atom is -0.389 e. The number of carbonyl (C=O) groups is 1. The lowest BCUT2D eigenvalue weighted by atomic mass is 10.1. The molecule has 102 valence electrons. The molecule has 0 saturated heterocycles. The van der Waals surface area contributed by atoms with Crippen LogP contribution in [-0.4, -0.2) is 10.9 Å². The van der Waals surface area contributed by atoms with Gasteiger partial charge in [-0.15, -0.1) is 0 Å². The molecule has 20 heavy (non-hydrogen) atoms. The van der Waals surface area contributed by atoms with E-state index < -0.39 is 0 Å². The summed E-state index contributed by atoms with van der Waals surface area (Å²) in [5.41, 5.74) is 8.58. The van der Waals surface area contributed by atoms with Gasteiger partial charge in [0, 0.05) is 21.3 Å². The Balaban J connectivity index is 2.21. The maximum absolute atomic E-state index is 12.2. The molecule has 0 atom stereocenters. The first-order valence-electron chi connectivity index (χ1n) is 5.95. The summed E-state index contributed by atoms with van der Waals surface area (Å²) in [5, 5.41) is 2.83. The lowest BCUT2D eigenvalue weighted by Crippen LogP contribution is -2.14. The zero-order valence-corrected chi connectivity index (χ0v) is 13.2. The molecule has 3 N–H and O–H groups in total. The van der Waals surface area contributed by atoms with E-state index in [9.17, 15) is 4.79 Å². The van der Waals surface area contributed by atoms with Gasteiger partial charge in [0.15, 0.2) is 0 Å². The molecule has 0 aliphatic rings. The van der Waals surface area contributed by atoms with Crippen LogP contribution in [-0.2, 0) is 0 Å². The summed E-state index contributed by atoms with van der Waals surface area (Å²) in [7, 11) is 0. The van der Waals surface area contributed by atoms with Gasteiger partial charge < -0.3 is 11.1 Å². The van der Waals surface area contributed by atoms with Crippen LogP contribution >= 0.6 is 28.1 Å². The summed E-state index contributed by atoms with van der Waals surface area (Å²) >= 11 is 8.33. The van der Waals surface area contributed by atoms with Crippen molar-refractivity contribution >= 4 is 44.7 Å². The van der Waals surface area contributed by atoms with Crippen LogP contribution in [0.15, 0.2) is 46.9 Å². The zero-order valence-electron chi connectivity index (χ0n) is 10.8. The largest absolute Gasteiger partial charge is 0.389 e. The first-order chi connectivity index (χ1) is 9.47. The first-order valence-corrected chi connectivity index (χ1v) is 7.15. The Morgan fingerprint density at radius 3 is 2.60 bits per heavy atom. The Morgan fingerprint density at radius 2 is 1.95 bits per heavy atom. The molecule has 0 aliphatic carbocycles. The van der Waals surface area contributed by atoms with Crippen LogP contribution in [0.5, 0.6) is 0 Å². The summed E-state index contributed by atoms with van der Waals surface area (Å²) in [4.78, 5) is 12.5. The number of nitrogens with one attached hydrogen (secondary N) is 1. The minimum absolute atomic E-state index is 0.166. The molecular weight excluding hydrogens is 336 g/mol. The number of benzene rings is 2. The second-order valence-electron chi connectivity index (χ2n) is 4.36. The highest BCUT2D eigenvalue weighted by Gasteiger charge is 2.08. The van der Waals surface area contributed by atoms with Gasteiger partial charge in [-0.2, -0.15) is 0 Å². The van der Waals surface area contributed by atoms with Crippen LogP contribution in [0.3, 0.4) is 0 Å². The Hall–Kier alpha value is -1.72. The molecule has 2 rings (SSSR count). The summed E-state index contributed by atoms with van der Waals surface area (Å²) in [5.74, 6) is -0.166. The van der Waals surface area contributed by atoms with E-state index in [-0.39, 0.29) is 5.91 Å². The minimum atomic E-state index is -0.166. The molecule has 0 spiro atoms. The van der Waals surface area contributed by atoms with Crippen LogP contribution in [0.4, 0.5) is 5.69 Å². The Morgan fingerprint density at radius 1 is 1.20 bits per heavy atom. The maximum atomic E-state index is 12.2. The summed E-state index contributed by atoms with van der Waals surface area (Å²) < 4.78 is 0.976. The molecule has 2 aromatic rings. The van der Waals surface area contributed by atoms with Crippen LogP contribution in [0, 0.1) is 6.92 Å². The van der Waals surface area contributed by atoms with Crippen LogP contribution in [0.2, 0.25) is 0 Å². The number of nitrogens with two attached hydrogens (primary N) is 1. The number of anilines is 1. The number of hydrogen-bond donors (Lipinski definition) is 2. The van der Waals surface area contributed by atoms with Gasteiger partial charge in [0.2, 0.25) is 0 Å². The van der Waals surface area contributed by atoms with Gasteiger partial charge >= 0.3 is 0 Å². The number of rotatable bonds is 3. The van der Waals surface area contributed by atoms with Crippen molar-refractivity contribution in [3.8, 4) is 0 Å². The molecule has 0 bridgehead atoms. The van der Waals surface area contributed by atoms with Crippen molar-refractivity contribution in [1.29, 1.82) is 0 Å². The van der Waals surface area contributed by atoms with Crippen molar-refractivity contribution < 1.29 is 4.79 Å². The molecule has 0 aliphatic heterocycles. The molecule has 0 saturated carbocycles. The Kier molecular flexibility index (Phi) is 4.52. The molecule has 3 nitrogen and oxygen atoms in total. The van der Waals surface area contributed by atoms with Crippen LogP contribution in [0.1, 0.15) is 21.5 Å². The predicted molar refractivity (Wildman–Crippen MR) is 89.2 cm³/mol. The molecule has 0 radical (unpaired) electrons. The van der Waals surface area contributed by atoms with Crippen molar-refractivity contribution in [2.24, 2.45) is 5.73 Å². The molecule has 0 aromatic heterocycles. The van der Waals surface area contributed by atoms with E-state index in [0.717, 1.165) is 15.6 Å². The maximum Gasteiger partial charge on any atom is 0.255 e. The molecule has 5 heteroatoms. The lowest BCUT2D eigenvalue weighted by Gasteiger charge is -2.08. The number of amides is 1. The van der Waals surface area contributed by atoms with Crippen molar-refractivity contribution in [2.45, 2.75) is 6.92 Å². The van der Waals surface area contributed by atoms with Crippen LogP contribution in [0.25, 0.3) is 0 Å². The number of halogens is 1. The molecule has 0 unspecified atom stereocenters. The molecule has 1 amide bonds. The first kappa shape index (κ1) is 14.7. The highest BCUT2D eigenvalue weighted by molar-refractivity contribution is 9.10. The van der Waals surface area contributed by atoms with Gasteiger partial charge in [0.05, 0.1) is 0 Å². The average Bonchev–Trinajstić information content (AvgIpc) is 2.42. The highest BCUT2D eigenvalue weighted by atomic mass is 79.9. The third-order valence-corrected chi connectivity index (χ3v) is 3.95. The lowest BCUT2D eigenvalue weighted by molar-refractivity contribution is 0.102. The van der Waals surface area contributed by atoms with E-state index in [1.807, 2.05) is 25.1 Å². The third kappa shape index (κ3) is 3.43. The van der Waals surface area contributed by atoms with Gasteiger partial charge in [-0.25, -0.2) is 0 Å². The number of carbonyl (C=O) groups excluding carboxylic acids is 1. The second kappa shape index (κ2) is 6.15. The monoisotopic (exact) mass is 348 g/mol. The Labute approximate surface area is 131 Å².